The van der Waals surface area contributed by atoms with Gasteiger partial charge in [0.2, 0.25) is 0 Å². The molecular weight excluding hydrogens is 342 g/mol. The summed E-state index contributed by atoms with van der Waals surface area (Å²) in [6, 6.07) is 3.72. The zero-order chi connectivity index (χ0) is 11.3. The minimum absolute atomic E-state index is 0.0212. The highest BCUT2D eigenvalue weighted by Gasteiger charge is 2.07. The van der Waals surface area contributed by atoms with E-state index in [-0.39, 0.29) is 5.91 Å². The third kappa shape index (κ3) is 5.13. The van der Waals surface area contributed by atoms with Crippen LogP contribution in [-0.4, -0.2) is 17.3 Å². The van der Waals surface area contributed by atoms with Crippen molar-refractivity contribution >= 4 is 49.1 Å². The molecule has 0 fully saturated rings. The number of halogens is 2. The van der Waals surface area contributed by atoms with Crippen LogP contribution in [0.25, 0.3) is 0 Å². The Hall–Kier alpha value is 0.130. The number of hydrogen-bond acceptors (Lipinski definition) is 2. The molecule has 5 heteroatoms. The highest BCUT2D eigenvalue weighted by Crippen LogP contribution is 2.21. The fraction of sp³-hybridized carbons (Fsp3) is 0.500. The zero-order valence-electron chi connectivity index (χ0n) is 8.43. The molecule has 84 valence electrons. The Balaban J connectivity index is 2.25. The number of thiophene rings is 1. The summed E-state index contributed by atoms with van der Waals surface area (Å²) in [5.74, 6) is 0.0212. The van der Waals surface area contributed by atoms with Crippen LogP contribution in [0, 0.1) is 0 Å². The summed E-state index contributed by atoms with van der Waals surface area (Å²) in [7, 11) is 0. The van der Waals surface area contributed by atoms with E-state index < -0.39 is 0 Å². The van der Waals surface area contributed by atoms with E-state index in [9.17, 15) is 4.79 Å². The summed E-state index contributed by atoms with van der Waals surface area (Å²) in [5, 5.41) is 2.90. The third-order valence-electron chi connectivity index (χ3n) is 1.86. The lowest BCUT2D eigenvalue weighted by atomic mass is 10.2. The van der Waals surface area contributed by atoms with Gasteiger partial charge >= 0.3 is 0 Å². The van der Waals surface area contributed by atoms with E-state index in [1.807, 2.05) is 12.1 Å². The molecule has 15 heavy (non-hydrogen) atoms. The number of carbonyl (C=O) groups excluding carboxylic acids is 1. The standard InChI is InChI=1S/C10H13Br2NOS/c1-7(11)3-2-6-13-10(14)8-4-5-9(12)15-8/h4-5,7H,2-3,6H2,1H3,(H,13,14). The van der Waals surface area contributed by atoms with Gasteiger partial charge in [-0.1, -0.05) is 22.9 Å². The lowest BCUT2D eigenvalue weighted by molar-refractivity contribution is 0.0957. The summed E-state index contributed by atoms with van der Waals surface area (Å²) in [6.07, 6.45) is 2.08. The SMILES string of the molecule is CC(Br)CCCNC(=O)c1ccc(Br)s1. The molecule has 0 spiro atoms. The van der Waals surface area contributed by atoms with E-state index in [4.69, 9.17) is 0 Å². The van der Waals surface area contributed by atoms with Gasteiger partial charge in [0.05, 0.1) is 8.66 Å². The predicted octanol–water partition coefficient (Wildman–Crippen LogP) is 3.80. The summed E-state index contributed by atoms with van der Waals surface area (Å²) >= 11 is 8.26. The average molecular weight is 355 g/mol. The molecule has 1 unspecified atom stereocenters. The lowest BCUT2D eigenvalue weighted by Gasteiger charge is -2.04. The van der Waals surface area contributed by atoms with Crippen molar-refractivity contribution in [2.45, 2.75) is 24.6 Å². The molecule has 1 amide bonds. The largest absolute Gasteiger partial charge is 0.351 e. The normalized spacial score (nSPS) is 12.5. The van der Waals surface area contributed by atoms with Gasteiger partial charge in [-0.2, -0.15) is 0 Å². The minimum Gasteiger partial charge on any atom is -0.351 e. The first-order valence-corrected chi connectivity index (χ1v) is 7.29. The maximum Gasteiger partial charge on any atom is 0.261 e. The second-order valence-electron chi connectivity index (χ2n) is 3.28. The second kappa shape index (κ2) is 6.66. The maximum atomic E-state index is 11.6. The smallest absolute Gasteiger partial charge is 0.261 e. The van der Waals surface area contributed by atoms with Crippen molar-refractivity contribution in [3.05, 3.63) is 20.8 Å². The molecule has 1 aromatic heterocycles. The Labute approximate surface area is 111 Å². The van der Waals surface area contributed by atoms with Crippen molar-refractivity contribution in [3.8, 4) is 0 Å². The Morgan fingerprint density at radius 3 is 2.87 bits per heavy atom. The molecule has 0 aliphatic heterocycles. The fourth-order valence-corrected chi connectivity index (χ4v) is 2.73. The molecule has 0 radical (unpaired) electrons. The van der Waals surface area contributed by atoms with Gasteiger partial charge in [0.25, 0.3) is 5.91 Å². The Bertz CT molecular complexity index is 325. The number of amides is 1. The van der Waals surface area contributed by atoms with Crippen LogP contribution in [0.15, 0.2) is 15.9 Å². The van der Waals surface area contributed by atoms with Gasteiger partial charge < -0.3 is 5.32 Å². The first-order valence-electron chi connectivity index (χ1n) is 4.77. The van der Waals surface area contributed by atoms with Gasteiger partial charge in [0, 0.05) is 11.4 Å². The molecule has 1 N–H and O–H groups in total. The number of alkyl halides is 1. The van der Waals surface area contributed by atoms with E-state index in [1.165, 1.54) is 11.3 Å². The van der Waals surface area contributed by atoms with Crippen LogP contribution < -0.4 is 5.32 Å². The van der Waals surface area contributed by atoms with Crippen molar-refractivity contribution < 1.29 is 4.79 Å². The lowest BCUT2D eigenvalue weighted by Crippen LogP contribution is -2.23. The van der Waals surface area contributed by atoms with E-state index in [2.05, 4.69) is 44.1 Å². The molecule has 2 nitrogen and oxygen atoms in total. The van der Waals surface area contributed by atoms with E-state index in [1.54, 1.807) is 0 Å². The van der Waals surface area contributed by atoms with Crippen molar-refractivity contribution in [2.24, 2.45) is 0 Å². The highest BCUT2D eigenvalue weighted by molar-refractivity contribution is 9.11. The molecule has 0 bridgehead atoms. The average Bonchev–Trinajstić information content (AvgIpc) is 2.59. The zero-order valence-corrected chi connectivity index (χ0v) is 12.4. The van der Waals surface area contributed by atoms with E-state index in [0.717, 1.165) is 28.0 Å². The van der Waals surface area contributed by atoms with Gasteiger partial charge in [-0.05, 0) is 40.9 Å². The van der Waals surface area contributed by atoms with Gasteiger partial charge in [-0.15, -0.1) is 11.3 Å². The molecule has 0 aliphatic carbocycles. The Kier molecular flexibility index (Phi) is 5.86. The van der Waals surface area contributed by atoms with Gasteiger partial charge in [-0.3, -0.25) is 4.79 Å². The molecule has 0 saturated heterocycles. The number of rotatable bonds is 5. The van der Waals surface area contributed by atoms with Crippen LogP contribution in [-0.2, 0) is 0 Å². The molecule has 1 heterocycles. The second-order valence-corrected chi connectivity index (χ2v) is 7.31. The molecule has 0 aromatic carbocycles. The fourth-order valence-electron chi connectivity index (χ4n) is 1.11. The topological polar surface area (TPSA) is 29.1 Å². The molecule has 1 aromatic rings. The molecular formula is C10H13Br2NOS. The van der Waals surface area contributed by atoms with Crippen LogP contribution in [0.3, 0.4) is 0 Å². The quantitative estimate of drug-likeness (QED) is 0.632. The van der Waals surface area contributed by atoms with Crippen LogP contribution in [0.4, 0.5) is 0 Å². The molecule has 1 atom stereocenters. The van der Waals surface area contributed by atoms with Crippen molar-refractivity contribution in [1.82, 2.24) is 5.32 Å². The van der Waals surface area contributed by atoms with Crippen LogP contribution >= 0.6 is 43.2 Å². The number of carbonyl (C=O) groups is 1. The highest BCUT2D eigenvalue weighted by atomic mass is 79.9. The van der Waals surface area contributed by atoms with Crippen LogP contribution in [0.1, 0.15) is 29.4 Å². The van der Waals surface area contributed by atoms with E-state index >= 15 is 0 Å². The summed E-state index contributed by atoms with van der Waals surface area (Å²) in [4.78, 5) is 12.8. The molecule has 1 rings (SSSR count). The first-order chi connectivity index (χ1) is 7.09. The van der Waals surface area contributed by atoms with Crippen molar-refractivity contribution in [3.63, 3.8) is 0 Å². The third-order valence-corrected chi connectivity index (χ3v) is 3.94. The Morgan fingerprint density at radius 2 is 2.33 bits per heavy atom. The summed E-state index contributed by atoms with van der Waals surface area (Å²) < 4.78 is 0.988. The summed E-state index contributed by atoms with van der Waals surface area (Å²) in [6.45, 7) is 2.85. The van der Waals surface area contributed by atoms with Crippen LogP contribution in [0.2, 0.25) is 0 Å². The van der Waals surface area contributed by atoms with Gasteiger partial charge in [0.1, 0.15) is 0 Å². The van der Waals surface area contributed by atoms with Crippen molar-refractivity contribution in [2.75, 3.05) is 6.54 Å². The van der Waals surface area contributed by atoms with Crippen LogP contribution in [0.5, 0.6) is 0 Å². The Morgan fingerprint density at radius 1 is 1.60 bits per heavy atom. The molecule has 0 aliphatic rings. The maximum absolute atomic E-state index is 11.6. The first kappa shape index (κ1) is 13.2. The number of nitrogens with one attached hydrogen (secondary N) is 1. The van der Waals surface area contributed by atoms with Crippen molar-refractivity contribution in [1.29, 1.82) is 0 Å². The summed E-state index contributed by atoms with van der Waals surface area (Å²) in [5.41, 5.74) is 0. The predicted molar refractivity (Wildman–Crippen MR) is 72.0 cm³/mol. The monoisotopic (exact) mass is 353 g/mol. The van der Waals surface area contributed by atoms with Gasteiger partial charge in [-0.25, -0.2) is 0 Å². The van der Waals surface area contributed by atoms with Gasteiger partial charge in [0.15, 0.2) is 0 Å². The number of hydrogen-bond donors (Lipinski definition) is 1. The molecule has 0 saturated carbocycles. The minimum atomic E-state index is 0.0212. The van der Waals surface area contributed by atoms with E-state index in [0.29, 0.717) is 4.83 Å².